The fourth-order valence-electron chi connectivity index (χ4n) is 3.76. The maximum absolute atomic E-state index is 14.6. The summed E-state index contributed by atoms with van der Waals surface area (Å²) in [7, 11) is 1.22. The number of anilines is 3. The summed E-state index contributed by atoms with van der Waals surface area (Å²) in [5, 5.41) is 2.94. The van der Waals surface area contributed by atoms with Crippen LogP contribution in [-0.4, -0.2) is 26.7 Å². The summed E-state index contributed by atoms with van der Waals surface area (Å²) in [6, 6.07) is 11.2. The number of carbonyl (C=O) groups is 1. The van der Waals surface area contributed by atoms with Crippen molar-refractivity contribution in [2.45, 2.75) is 38.8 Å². The molecule has 0 bridgehead atoms. The number of carbonyl (C=O) groups excluding carboxylic acids is 1. The molecular formula is C25H26F4N4O3S. The van der Waals surface area contributed by atoms with Crippen molar-refractivity contribution in [2.24, 2.45) is 5.73 Å². The van der Waals surface area contributed by atoms with Crippen molar-refractivity contribution in [3.63, 3.8) is 0 Å². The molecule has 0 aliphatic rings. The van der Waals surface area contributed by atoms with E-state index in [1.165, 1.54) is 25.2 Å². The Bertz CT molecular complexity index is 1330. The van der Waals surface area contributed by atoms with Crippen molar-refractivity contribution in [3.05, 3.63) is 82.3 Å². The maximum atomic E-state index is 14.6. The molecule has 2 atom stereocenters. The van der Waals surface area contributed by atoms with Crippen LogP contribution in [0, 0.1) is 19.7 Å². The van der Waals surface area contributed by atoms with Crippen molar-refractivity contribution in [3.8, 4) is 0 Å². The topological polar surface area (TPSA) is 109 Å². The lowest BCUT2D eigenvalue weighted by Crippen LogP contribution is -2.23. The van der Waals surface area contributed by atoms with E-state index in [9.17, 15) is 31.1 Å². The van der Waals surface area contributed by atoms with Gasteiger partial charge in [-0.15, -0.1) is 0 Å². The molecule has 0 spiro atoms. The average molecular weight is 539 g/mol. The summed E-state index contributed by atoms with van der Waals surface area (Å²) >= 11 is -2.45. The van der Waals surface area contributed by atoms with E-state index in [0.29, 0.717) is 11.3 Å². The molecule has 1 amide bonds. The van der Waals surface area contributed by atoms with Crippen molar-refractivity contribution in [1.29, 1.82) is 0 Å². The molecule has 3 aromatic rings. The largest absolute Gasteiger partial charge is 0.433 e. The van der Waals surface area contributed by atoms with Gasteiger partial charge in [-0.05, 0) is 79.3 Å². The summed E-state index contributed by atoms with van der Waals surface area (Å²) in [5.74, 6) is -2.57. The second-order valence-electron chi connectivity index (χ2n) is 8.56. The Balaban J connectivity index is 1.91. The Morgan fingerprint density at radius 1 is 1.14 bits per heavy atom. The van der Waals surface area contributed by atoms with Gasteiger partial charge in [0.05, 0.1) is 11.6 Å². The first-order valence-corrected chi connectivity index (χ1v) is 12.2. The monoisotopic (exact) mass is 538 g/mol. The van der Waals surface area contributed by atoms with Gasteiger partial charge in [-0.1, -0.05) is 18.2 Å². The van der Waals surface area contributed by atoms with E-state index in [1.807, 2.05) is 19.9 Å². The van der Waals surface area contributed by atoms with Crippen molar-refractivity contribution >= 4 is 34.4 Å². The Hall–Kier alpha value is -3.51. The lowest BCUT2D eigenvalue weighted by Gasteiger charge is -2.19. The van der Waals surface area contributed by atoms with Gasteiger partial charge in [-0.3, -0.25) is 13.7 Å². The summed E-state index contributed by atoms with van der Waals surface area (Å²) in [4.78, 5) is 16.0. The van der Waals surface area contributed by atoms with Crippen LogP contribution < -0.4 is 15.4 Å². The Kier molecular flexibility index (Phi) is 8.54. The second-order valence-corrected chi connectivity index (χ2v) is 9.57. The summed E-state index contributed by atoms with van der Waals surface area (Å²) < 4.78 is 75.9. The first-order valence-electron chi connectivity index (χ1n) is 11.1. The highest BCUT2D eigenvalue weighted by atomic mass is 32.2. The number of aromatic nitrogens is 1. The van der Waals surface area contributed by atoms with E-state index in [0.717, 1.165) is 27.6 Å². The molecule has 4 N–H and O–H groups in total. The lowest BCUT2D eigenvalue weighted by molar-refractivity contribution is -0.141. The minimum Gasteiger partial charge on any atom is -0.369 e. The number of amides is 1. The summed E-state index contributed by atoms with van der Waals surface area (Å²) in [5.41, 5.74) is 7.48. The molecule has 2 aromatic carbocycles. The molecule has 12 heteroatoms. The van der Waals surface area contributed by atoms with Gasteiger partial charge in [0.2, 0.25) is 5.91 Å². The van der Waals surface area contributed by atoms with Gasteiger partial charge in [-0.25, -0.2) is 13.6 Å². The molecular weight excluding hydrogens is 512 g/mol. The second kappa shape index (κ2) is 11.3. The molecule has 1 heterocycles. The van der Waals surface area contributed by atoms with E-state index >= 15 is 0 Å². The minimum absolute atomic E-state index is 0.0186. The molecule has 0 radical (unpaired) electrons. The number of benzene rings is 2. The van der Waals surface area contributed by atoms with Gasteiger partial charge in [-0.2, -0.15) is 13.2 Å². The first-order chi connectivity index (χ1) is 17.3. The molecule has 0 fully saturated rings. The third-order valence-corrected chi connectivity index (χ3v) is 6.70. The zero-order valence-corrected chi connectivity index (χ0v) is 21.1. The number of aryl methyl sites for hydroxylation is 3. The van der Waals surface area contributed by atoms with Gasteiger partial charge >= 0.3 is 6.18 Å². The highest BCUT2D eigenvalue weighted by molar-refractivity contribution is 7.80. The van der Waals surface area contributed by atoms with E-state index in [4.69, 9.17) is 5.73 Å². The molecule has 7 nitrogen and oxygen atoms in total. The smallest absolute Gasteiger partial charge is 0.369 e. The lowest BCUT2D eigenvalue weighted by atomic mass is 9.91. The quantitative estimate of drug-likeness (QED) is 0.251. The number of nitrogens with one attached hydrogen (secondary N) is 1. The Morgan fingerprint density at radius 3 is 2.41 bits per heavy atom. The van der Waals surface area contributed by atoms with Crippen LogP contribution in [0.3, 0.4) is 0 Å². The molecule has 0 saturated carbocycles. The zero-order chi connectivity index (χ0) is 27.5. The number of halogens is 4. The van der Waals surface area contributed by atoms with Gasteiger partial charge in [0.15, 0.2) is 0 Å². The molecule has 37 heavy (non-hydrogen) atoms. The van der Waals surface area contributed by atoms with Crippen molar-refractivity contribution in [1.82, 2.24) is 4.98 Å². The number of hydrogen-bond donors (Lipinski definition) is 3. The van der Waals surface area contributed by atoms with Crippen LogP contribution in [0.4, 0.5) is 34.8 Å². The van der Waals surface area contributed by atoms with E-state index < -0.39 is 40.8 Å². The van der Waals surface area contributed by atoms with Gasteiger partial charge in [0.1, 0.15) is 17.3 Å². The standard InChI is InChI=1S/C25H26F4N4O3S/c1-14-4-8-18(12-15(14)2)31-24-16(7-11-22(32-24)25(27,28)29)5-9-19(23(30)34)17-6-10-21(20(26)13-17)33(3)37(35)36/h4,6-8,10-13,19H,5,9H2,1-3H3,(H2,30,34)(H,31,32)(H,35,36). The minimum atomic E-state index is -4.65. The molecule has 0 saturated heterocycles. The van der Waals surface area contributed by atoms with Crippen molar-refractivity contribution in [2.75, 3.05) is 16.7 Å². The summed E-state index contributed by atoms with van der Waals surface area (Å²) in [6.07, 6.45) is -4.49. The predicted octanol–water partition coefficient (Wildman–Crippen LogP) is 5.37. The van der Waals surface area contributed by atoms with Gasteiger partial charge in [0.25, 0.3) is 11.3 Å². The fourth-order valence-corrected chi connectivity index (χ4v) is 4.08. The van der Waals surface area contributed by atoms with Crippen LogP contribution in [0.15, 0.2) is 48.5 Å². The number of rotatable bonds is 9. The SMILES string of the molecule is Cc1ccc(Nc2nc(C(F)(F)F)ccc2CCC(C(N)=O)c2ccc(N(C)S(=O)O)c(F)c2)cc1C. The van der Waals surface area contributed by atoms with E-state index in [-0.39, 0.29) is 29.9 Å². The molecule has 198 valence electrons. The van der Waals surface area contributed by atoms with Gasteiger partial charge < -0.3 is 11.1 Å². The summed E-state index contributed by atoms with van der Waals surface area (Å²) in [6.45, 7) is 3.78. The molecule has 0 aliphatic carbocycles. The Morgan fingerprint density at radius 2 is 1.84 bits per heavy atom. The maximum Gasteiger partial charge on any atom is 0.433 e. The Labute approximate surface area is 214 Å². The van der Waals surface area contributed by atoms with E-state index in [2.05, 4.69) is 10.3 Å². The van der Waals surface area contributed by atoms with Crippen molar-refractivity contribution < 1.29 is 31.1 Å². The van der Waals surface area contributed by atoms with Crippen LogP contribution in [0.2, 0.25) is 0 Å². The first kappa shape index (κ1) is 28.1. The fraction of sp³-hybridized carbons (Fsp3) is 0.280. The molecule has 1 aromatic heterocycles. The van der Waals surface area contributed by atoms with Crippen LogP contribution >= 0.6 is 0 Å². The third kappa shape index (κ3) is 6.83. The van der Waals surface area contributed by atoms with Crippen LogP contribution in [0.1, 0.15) is 40.3 Å². The van der Waals surface area contributed by atoms with Gasteiger partial charge in [0, 0.05) is 12.7 Å². The number of hydrogen-bond acceptors (Lipinski definition) is 4. The highest BCUT2D eigenvalue weighted by Gasteiger charge is 2.33. The third-order valence-electron chi connectivity index (χ3n) is 6.03. The number of nitrogens with two attached hydrogens (primary N) is 1. The van der Waals surface area contributed by atoms with E-state index in [1.54, 1.807) is 12.1 Å². The predicted molar refractivity (Wildman–Crippen MR) is 134 cm³/mol. The molecule has 0 aliphatic heterocycles. The molecule has 3 rings (SSSR count). The highest BCUT2D eigenvalue weighted by Crippen LogP contribution is 2.33. The number of alkyl halides is 3. The number of pyridine rings is 1. The molecule has 2 unspecified atom stereocenters. The zero-order valence-electron chi connectivity index (χ0n) is 20.3. The van der Waals surface area contributed by atoms with Crippen LogP contribution in [0.5, 0.6) is 0 Å². The average Bonchev–Trinajstić information content (AvgIpc) is 2.81. The number of primary amides is 1. The normalized spacial score (nSPS) is 13.2. The number of nitrogens with zero attached hydrogens (tertiary/aromatic N) is 2. The van der Waals surface area contributed by atoms with Crippen LogP contribution in [-0.2, 0) is 28.7 Å². The van der Waals surface area contributed by atoms with Crippen LogP contribution in [0.25, 0.3) is 0 Å².